The monoisotopic (exact) mass is 448 g/mol. The van der Waals surface area contributed by atoms with Crippen LogP contribution in [0.4, 0.5) is 10.1 Å². The number of aryl methyl sites for hydroxylation is 1. The smallest absolute Gasteiger partial charge is 0.273 e. The van der Waals surface area contributed by atoms with Gasteiger partial charge in [0.2, 0.25) is 0 Å². The molecular weight excluding hydrogens is 430 g/mol. The van der Waals surface area contributed by atoms with E-state index in [1.165, 1.54) is 0 Å². The molecule has 4 rings (SSSR count). The van der Waals surface area contributed by atoms with Crippen molar-refractivity contribution in [1.29, 1.82) is 0 Å². The predicted molar refractivity (Wildman–Crippen MR) is 114 cm³/mol. The Bertz CT molecular complexity index is 1110. The number of aromatic nitrogens is 2. The van der Waals surface area contributed by atoms with Crippen LogP contribution in [0.1, 0.15) is 46.2 Å². The van der Waals surface area contributed by atoms with Gasteiger partial charge < -0.3 is 20.8 Å². The molecule has 4 N–H and O–H groups in total. The maximum absolute atomic E-state index is 15.4. The predicted octanol–water partition coefficient (Wildman–Crippen LogP) is 5.35. The zero-order valence-electron chi connectivity index (χ0n) is 16.1. The number of benzene rings is 2. The number of H-pyrrole nitrogens is 1. The van der Waals surface area contributed by atoms with Crippen LogP contribution in [0.15, 0.2) is 30.3 Å². The lowest BCUT2D eigenvalue weighted by atomic mass is 10.1. The number of aromatic amines is 1. The standard InChI is InChI=1S/C21H19Cl2FN4O2/c1-10-27-18(20(23)28-10)21(29)26-9-12-4-5-16(11-2-3-11)19(17(12)24)30-15-7-13(22)6-14(25)8-15/h4-8,11H,2-3,9,25H2,1H3,(H,26,29)(H,27,28). The Kier molecular flexibility index (Phi) is 5.58. The van der Waals surface area contributed by atoms with Crippen molar-refractivity contribution < 1.29 is 13.9 Å². The van der Waals surface area contributed by atoms with Gasteiger partial charge in [0.15, 0.2) is 17.3 Å². The highest BCUT2D eigenvalue weighted by atomic mass is 35.5. The summed E-state index contributed by atoms with van der Waals surface area (Å²) in [5.41, 5.74) is 7.36. The number of nitrogens with one attached hydrogen (secondary N) is 2. The Labute approximate surface area is 182 Å². The van der Waals surface area contributed by atoms with E-state index in [4.69, 9.17) is 33.7 Å². The Balaban J connectivity index is 1.59. The topological polar surface area (TPSA) is 93.0 Å². The number of nitrogens with two attached hydrogens (primary N) is 1. The zero-order valence-corrected chi connectivity index (χ0v) is 17.6. The van der Waals surface area contributed by atoms with Crippen LogP contribution in [0.2, 0.25) is 10.2 Å². The number of carbonyl (C=O) groups excluding carboxylic acids is 1. The summed E-state index contributed by atoms with van der Waals surface area (Å²) in [5, 5.41) is 3.17. The van der Waals surface area contributed by atoms with Gasteiger partial charge in [-0.3, -0.25) is 4.79 Å². The molecule has 3 aromatic rings. The van der Waals surface area contributed by atoms with Crippen molar-refractivity contribution in [1.82, 2.24) is 15.3 Å². The van der Waals surface area contributed by atoms with Crippen molar-refractivity contribution in [2.45, 2.75) is 32.2 Å². The quantitative estimate of drug-likeness (QED) is 0.443. The van der Waals surface area contributed by atoms with E-state index in [9.17, 15) is 4.79 Å². The average Bonchev–Trinajstić information content (AvgIpc) is 3.45. The van der Waals surface area contributed by atoms with Crippen molar-refractivity contribution in [3.63, 3.8) is 0 Å². The third-order valence-electron chi connectivity index (χ3n) is 4.77. The van der Waals surface area contributed by atoms with Gasteiger partial charge in [-0.2, -0.15) is 0 Å². The first kappa shape index (κ1) is 20.5. The number of nitrogen functional groups attached to an aromatic ring is 1. The lowest BCUT2D eigenvalue weighted by Crippen LogP contribution is -2.24. The summed E-state index contributed by atoms with van der Waals surface area (Å²) in [4.78, 5) is 19.1. The maximum Gasteiger partial charge on any atom is 0.273 e. The minimum atomic E-state index is -0.539. The van der Waals surface area contributed by atoms with Crippen LogP contribution in [0.3, 0.4) is 0 Å². The minimum absolute atomic E-state index is 0.0497. The maximum atomic E-state index is 15.4. The molecule has 0 aliphatic heterocycles. The van der Waals surface area contributed by atoms with Gasteiger partial charge in [-0.15, -0.1) is 0 Å². The molecule has 1 aliphatic rings. The van der Waals surface area contributed by atoms with E-state index in [2.05, 4.69) is 15.3 Å². The number of carbonyl (C=O) groups is 1. The van der Waals surface area contributed by atoms with Crippen molar-refractivity contribution in [3.05, 3.63) is 69.0 Å². The number of rotatable bonds is 6. The van der Waals surface area contributed by atoms with Crippen molar-refractivity contribution in [2.24, 2.45) is 0 Å². The second-order valence-electron chi connectivity index (χ2n) is 7.22. The summed E-state index contributed by atoms with van der Waals surface area (Å²) in [6, 6.07) is 8.22. The van der Waals surface area contributed by atoms with E-state index in [1.807, 2.05) is 6.07 Å². The first-order chi connectivity index (χ1) is 14.3. The molecule has 1 amide bonds. The molecule has 0 radical (unpaired) electrons. The first-order valence-electron chi connectivity index (χ1n) is 9.37. The number of ether oxygens (including phenoxy) is 1. The number of imidazole rings is 1. The molecule has 0 bridgehead atoms. The SMILES string of the molecule is Cc1nc(C(=O)NCc2ccc(C3CC3)c(Oc3cc(N)cc(Cl)c3)c2F)c(Cl)[nH]1. The molecule has 0 atom stereocenters. The van der Waals surface area contributed by atoms with Crippen molar-refractivity contribution >= 4 is 34.8 Å². The fourth-order valence-corrected chi connectivity index (χ4v) is 3.70. The lowest BCUT2D eigenvalue weighted by Gasteiger charge is -2.15. The highest BCUT2D eigenvalue weighted by molar-refractivity contribution is 6.32. The number of hydrogen-bond acceptors (Lipinski definition) is 4. The Morgan fingerprint density at radius 1 is 1.33 bits per heavy atom. The highest BCUT2D eigenvalue weighted by Crippen LogP contribution is 2.47. The van der Waals surface area contributed by atoms with Gasteiger partial charge in [0.1, 0.15) is 16.7 Å². The van der Waals surface area contributed by atoms with Crippen LogP contribution >= 0.6 is 23.2 Å². The molecule has 1 aliphatic carbocycles. The molecule has 6 nitrogen and oxygen atoms in total. The van der Waals surface area contributed by atoms with Crippen molar-refractivity contribution in [3.8, 4) is 11.5 Å². The normalized spacial score (nSPS) is 13.3. The molecule has 1 heterocycles. The highest BCUT2D eigenvalue weighted by Gasteiger charge is 2.30. The van der Waals surface area contributed by atoms with Crippen LogP contribution in [0.5, 0.6) is 11.5 Å². The second kappa shape index (κ2) is 8.16. The molecule has 156 valence electrons. The van der Waals surface area contributed by atoms with Gasteiger partial charge in [-0.05, 0) is 37.8 Å². The molecular formula is C21H19Cl2FN4O2. The molecule has 0 spiro atoms. The summed E-state index contributed by atoms with van der Waals surface area (Å²) in [6.07, 6.45) is 1.95. The van der Waals surface area contributed by atoms with Gasteiger partial charge in [0.25, 0.3) is 5.91 Å². The van der Waals surface area contributed by atoms with Gasteiger partial charge in [-0.1, -0.05) is 35.3 Å². The van der Waals surface area contributed by atoms with E-state index in [0.717, 1.165) is 18.4 Å². The zero-order chi connectivity index (χ0) is 21.4. The number of anilines is 1. The van der Waals surface area contributed by atoms with E-state index in [0.29, 0.717) is 22.3 Å². The molecule has 1 saturated carbocycles. The molecule has 0 saturated heterocycles. The summed E-state index contributed by atoms with van der Waals surface area (Å²) in [7, 11) is 0. The second-order valence-corrected chi connectivity index (χ2v) is 8.04. The minimum Gasteiger partial charge on any atom is -0.454 e. The van der Waals surface area contributed by atoms with E-state index < -0.39 is 11.7 Å². The largest absolute Gasteiger partial charge is 0.454 e. The lowest BCUT2D eigenvalue weighted by molar-refractivity contribution is 0.0946. The van der Waals surface area contributed by atoms with Gasteiger partial charge in [-0.25, -0.2) is 9.37 Å². The average molecular weight is 449 g/mol. The summed E-state index contributed by atoms with van der Waals surface area (Å²) < 4.78 is 21.2. The fourth-order valence-electron chi connectivity index (χ4n) is 3.20. The first-order valence-corrected chi connectivity index (χ1v) is 10.1. The van der Waals surface area contributed by atoms with Crippen LogP contribution in [0.25, 0.3) is 0 Å². The van der Waals surface area contributed by atoms with Gasteiger partial charge >= 0.3 is 0 Å². The van der Waals surface area contributed by atoms with Crippen LogP contribution in [-0.2, 0) is 6.54 Å². The summed E-state index contributed by atoms with van der Waals surface area (Å²) >= 11 is 12.0. The van der Waals surface area contributed by atoms with E-state index in [1.54, 1.807) is 31.2 Å². The number of halogens is 3. The fraction of sp³-hybridized carbons (Fsp3) is 0.238. The van der Waals surface area contributed by atoms with Gasteiger partial charge in [0, 0.05) is 34.4 Å². The Morgan fingerprint density at radius 3 is 2.73 bits per heavy atom. The van der Waals surface area contributed by atoms with Crippen molar-refractivity contribution in [2.75, 3.05) is 5.73 Å². The third-order valence-corrected chi connectivity index (χ3v) is 5.26. The van der Waals surface area contributed by atoms with Crippen LogP contribution < -0.4 is 15.8 Å². The van der Waals surface area contributed by atoms with Crippen LogP contribution in [0, 0.1) is 12.7 Å². The van der Waals surface area contributed by atoms with E-state index in [-0.39, 0.29) is 34.6 Å². The Morgan fingerprint density at radius 2 is 2.10 bits per heavy atom. The summed E-state index contributed by atoms with van der Waals surface area (Å²) in [6.45, 7) is 1.64. The number of hydrogen-bond donors (Lipinski definition) is 3. The third kappa shape index (κ3) is 4.37. The molecule has 1 aromatic heterocycles. The van der Waals surface area contributed by atoms with Crippen LogP contribution in [-0.4, -0.2) is 15.9 Å². The molecule has 30 heavy (non-hydrogen) atoms. The molecule has 2 aromatic carbocycles. The molecule has 0 unspecified atom stereocenters. The number of nitrogens with zero attached hydrogens (tertiary/aromatic N) is 1. The van der Waals surface area contributed by atoms with E-state index >= 15 is 4.39 Å². The summed E-state index contributed by atoms with van der Waals surface area (Å²) in [5.74, 6) is 0.199. The van der Waals surface area contributed by atoms with Gasteiger partial charge in [0.05, 0.1) is 0 Å². The Hall–Kier alpha value is -2.77. The molecule has 1 fully saturated rings. The number of amides is 1. The molecule has 9 heteroatoms.